The Balaban J connectivity index is 1.45. The Morgan fingerprint density at radius 2 is 1.76 bits per heavy atom. The number of hydrogen-bond donors (Lipinski definition) is 1. The van der Waals surface area contributed by atoms with Crippen molar-refractivity contribution in [1.82, 2.24) is 14.9 Å². The van der Waals surface area contributed by atoms with Gasteiger partial charge in [-0.15, -0.1) is 0 Å². The minimum absolute atomic E-state index is 0.0886. The Hall–Kier alpha value is -2.71. The Bertz CT molecular complexity index is 868. The number of aryl methyl sites for hydroxylation is 1. The monoisotopic (exact) mass is 397 g/mol. The number of carbonyl (C=O) groups excluding carboxylic acids is 1. The molecule has 2 aromatic rings. The maximum atomic E-state index is 13.0. The van der Waals surface area contributed by atoms with Crippen LogP contribution in [0.25, 0.3) is 0 Å². The number of nitrogens with one attached hydrogen (secondary N) is 1. The number of carbonyl (C=O) groups is 1. The first-order valence-electron chi connectivity index (χ1n) is 9.91. The molecule has 0 aliphatic carbocycles. The average Bonchev–Trinajstić information content (AvgIpc) is 3.16. The second-order valence-electron chi connectivity index (χ2n) is 7.68. The summed E-state index contributed by atoms with van der Waals surface area (Å²) < 4.78 is 11.5. The van der Waals surface area contributed by atoms with Gasteiger partial charge in [-0.1, -0.05) is 0 Å². The van der Waals surface area contributed by atoms with Gasteiger partial charge in [-0.05, 0) is 37.3 Å². The number of benzene rings is 1. The maximum Gasteiger partial charge on any atom is 0.272 e. The molecule has 29 heavy (non-hydrogen) atoms. The Morgan fingerprint density at radius 1 is 1.10 bits per heavy atom. The number of ether oxygens (including phenoxy) is 2. The van der Waals surface area contributed by atoms with E-state index in [1.165, 1.54) is 0 Å². The van der Waals surface area contributed by atoms with Gasteiger partial charge in [0.2, 0.25) is 5.95 Å². The van der Waals surface area contributed by atoms with Crippen molar-refractivity contribution in [2.24, 2.45) is 0 Å². The number of likely N-dealkylation sites (tertiary alicyclic amines) is 1. The summed E-state index contributed by atoms with van der Waals surface area (Å²) in [6.07, 6.45) is 1.37. The molecular formula is C21H27N5O3. The lowest BCUT2D eigenvalue weighted by Crippen LogP contribution is -2.47. The molecule has 2 aliphatic heterocycles. The summed E-state index contributed by atoms with van der Waals surface area (Å²) in [5.74, 6) is -0.166. The fourth-order valence-electron chi connectivity index (χ4n) is 3.70. The minimum atomic E-state index is -0.496. The molecule has 1 N–H and O–H groups in total. The largest absolute Gasteiger partial charge is 0.378 e. The van der Waals surface area contributed by atoms with Crippen LogP contribution in [0.2, 0.25) is 0 Å². The predicted octanol–water partition coefficient (Wildman–Crippen LogP) is 2.57. The van der Waals surface area contributed by atoms with Crippen molar-refractivity contribution in [2.75, 3.05) is 50.6 Å². The van der Waals surface area contributed by atoms with Crippen molar-refractivity contribution in [3.05, 3.63) is 41.7 Å². The summed E-state index contributed by atoms with van der Waals surface area (Å²) in [6.45, 7) is 4.31. The van der Waals surface area contributed by atoms with E-state index in [1.807, 2.05) is 55.1 Å². The van der Waals surface area contributed by atoms with E-state index in [0.717, 1.165) is 17.1 Å². The Morgan fingerprint density at radius 3 is 2.38 bits per heavy atom. The van der Waals surface area contributed by atoms with Gasteiger partial charge in [0.1, 0.15) is 5.69 Å². The van der Waals surface area contributed by atoms with Crippen LogP contribution in [0.4, 0.5) is 17.3 Å². The van der Waals surface area contributed by atoms with Gasteiger partial charge in [-0.3, -0.25) is 4.79 Å². The molecule has 1 amide bonds. The molecule has 154 valence electrons. The molecule has 2 aliphatic rings. The second kappa shape index (κ2) is 7.96. The van der Waals surface area contributed by atoms with Gasteiger partial charge in [0.15, 0.2) is 5.79 Å². The van der Waals surface area contributed by atoms with Crippen LogP contribution in [-0.2, 0) is 9.47 Å². The summed E-state index contributed by atoms with van der Waals surface area (Å²) in [6, 6.07) is 9.69. The van der Waals surface area contributed by atoms with Gasteiger partial charge in [-0.25, -0.2) is 9.97 Å². The third kappa shape index (κ3) is 4.33. The van der Waals surface area contributed by atoms with Crippen molar-refractivity contribution < 1.29 is 14.3 Å². The highest BCUT2D eigenvalue weighted by Crippen LogP contribution is 2.31. The highest BCUT2D eigenvalue weighted by molar-refractivity contribution is 5.92. The van der Waals surface area contributed by atoms with Crippen LogP contribution in [0.15, 0.2) is 30.3 Å². The van der Waals surface area contributed by atoms with E-state index in [1.54, 1.807) is 6.07 Å². The molecular weight excluding hydrogens is 370 g/mol. The predicted molar refractivity (Wildman–Crippen MR) is 111 cm³/mol. The third-order valence-corrected chi connectivity index (χ3v) is 5.34. The number of rotatable bonds is 4. The minimum Gasteiger partial charge on any atom is -0.378 e. The highest BCUT2D eigenvalue weighted by Gasteiger charge is 2.41. The second-order valence-corrected chi connectivity index (χ2v) is 7.68. The SMILES string of the molecule is Cc1cc(C(=O)N2CCC3(CC2)OCCO3)nc(Nc2ccc(N(C)C)cc2)n1. The lowest BCUT2D eigenvalue weighted by molar-refractivity contribution is -0.181. The van der Waals surface area contributed by atoms with Crippen LogP contribution in [0.1, 0.15) is 29.0 Å². The summed E-state index contributed by atoms with van der Waals surface area (Å²) >= 11 is 0. The molecule has 0 saturated carbocycles. The summed E-state index contributed by atoms with van der Waals surface area (Å²) in [5.41, 5.74) is 3.12. The van der Waals surface area contributed by atoms with E-state index in [2.05, 4.69) is 15.3 Å². The first-order valence-corrected chi connectivity index (χ1v) is 9.91. The van der Waals surface area contributed by atoms with Gasteiger partial charge in [0.05, 0.1) is 13.2 Å². The van der Waals surface area contributed by atoms with Gasteiger partial charge in [0.25, 0.3) is 5.91 Å². The van der Waals surface area contributed by atoms with Crippen LogP contribution >= 0.6 is 0 Å². The van der Waals surface area contributed by atoms with Gasteiger partial charge < -0.3 is 24.6 Å². The highest BCUT2D eigenvalue weighted by atomic mass is 16.7. The quantitative estimate of drug-likeness (QED) is 0.849. The molecule has 8 nitrogen and oxygen atoms in total. The number of nitrogens with zero attached hydrogens (tertiary/aromatic N) is 4. The number of aromatic nitrogens is 2. The van der Waals surface area contributed by atoms with E-state index in [4.69, 9.17) is 9.47 Å². The molecule has 4 rings (SSSR count). The number of piperidine rings is 1. The zero-order valence-corrected chi connectivity index (χ0v) is 17.1. The van der Waals surface area contributed by atoms with E-state index >= 15 is 0 Å². The van der Waals surface area contributed by atoms with Crippen LogP contribution in [0.3, 0.4) is 0 Å². The molecule has 0 bridgehead atoms. The lowest BCUT2D eigenvalue weighted by Gasteiger charge is -2.37. The zero-order valence-electron chi connectivity index (χ0n) is 17.1. The van der Waals surface area contributed by atoms with E-state index < -0.39 is 5.79 Å². The van der Waals surface area contributed by atoms with Crippen molar-refractivity contribution in [2.45, 2.75) is 25.6 Å². The zero-order chi connectivity index (χ0) is 20.4. The Labute approximate surface area is 170 Å². The molecule has 0 radical (unpaired) electrons. The average molecular weight is 397 g/mol. The third-order valence-electron chi connectivity index (χ3n) is 5.34. The van der Waals surface area contributed by atoms with Crippen LogP contribution in [0, 0.1) is 6.92 Å². The molecule has 1 aromatic heterocycles. The molecule has 3 heterocycles. The molecule has 2 saturated heterocycles. The molecule has 8 heteroatoms. The first-order chi connectivity index (χ1) is 13.9. The van der Waals surface area contributed by atoms with E-state index in [0.29, 0.717) is 50.8 Å². The van der Waals surface area contributed by atoms with Gasteiger partial charge in [0, 0.05) is 57.1 Å². The van der Waals surface area contributed by atoms with Crippen LogP contribution in [0.5, 0.6) is 0 Å². The van der Waals surface area contributed by atoms with Crippen LogP contribution in [-0.4, -0.2) is 67.0 Å². The lowest BCUT2D eigenvalue weighted by atomic mass is 10.0. The van der Waals surface area contributed by atoms with Crippen molar-refractivity contribution in [1.29, 1.82) is 0 Å². The fourth-order valence-corrected chi connectivity index (χ4v) is 3.70. The molecule has 0 unspecified atom stereocenters. The number of anilines is 3. The van der Waals surface area contributed by atoms with E-state index in [9.17, 15) is 4.79 Å². The van der Waals surface area contributed by atoms with E-state index in [-0.39, 0.29) is 5.91 Å². The van der Waals surface area contributed by atoms with Crippen molar-refractivity contribution >= 4 is 23.2 Å². The van der Waals surface area contributed by atoms with Crippen LogP contribution < -0.4 is 10.2 Å². The smallest absolute Gasteiger partial charge is 0.272 e. The summed E-state index contributed by atoms with van der Waals surface area (Å²) in [4.78, 5) is 25.7. The Kier molecular flexibility index (Phi) is 5.38. The normalized spacial score (nSPS) is 18.1. The maximum absolute atomic E-state index is 13.0. The van der Waals surface area contributed by atoms with Gasteiger partial charge >= 0.3 is 0 Å². The standard InChI is InChI=1S/C21H27N5O3/c1-15-14-18(19(27)26-10-8-21(9-11-26)28-12-13-29-21)24-20(22-15)23-16-4-6-17(7-5-16)25(2)3/h4-7,14H,8-13H2,1-3H3,(H,22,23,24). The first kappa shape index (κ1) is 19.6. The molecule has 2 fully saturated rings. The number of hydrogen-bond acceptors (Lipinski definition) is 7. The fraction of sp³-hybridized carbons (Fsp3) is 0.476. The number of amides is 1. The topological polar surface area (TPSA) is 79.8 Å². The van der Waals surface area contributed by atoms with Gasteiger partial charge in [-0.2, -0.15) is 0 Å². The molecule has 0 atom stereocenters. The summed E-state index contributed by atoms with van der Waals surface area (Å²) in [7, 11) is 3.99. The molecule has 1 aromatic carbocycles. The van der Waals surface area contributed by atoms with Crippen molar-refractivity contribution in [3.8, 4) is 0 Å². The molecule has 1 spiro atoms. The summed E-state index contributed by atoms with van der Waals surface area (Å²) in [5, 5.41) is 3.20. The van der Waals surface area contributed by atoms with Crippen molar-refractivity contribution in [3.63, 3.8) is 0 Å².